The van der Waals surface area contributed by atoms with Gasteiger partial charge in [0.2, 0.25) is 5.95 Å². The van der Waals surface area contributed by atoms with Gasteiger partial charge in [-0.2, -0.15) is 0 Å². The Balaban J connectivity index is 0.00000185. The van der Waals surface area contributed by atoms with E-state index >= 15 is 0 Å². The second kappa shape index (κ2) is 12.7. The van der Waals surface area contributed by atoms with Crippen LogP contribution in [0.1, 0.15) is 12.8 Å². The summed E-state index contributed by atoms with van der Waals surface area (Å²) in [7, 11) is 0. The van der Waals surface area contributed by atoms with Gasteiger partial charge in [-0.25, -0.2) is 19.3 Å². The molecule has 0 saturated carbocycles. The largest absolute Gasteiger partial charge is 0.412 e. The lowest BCUT2D eigenvalue weighted by Gasteiger charge is -2.32. The zero-order valence-electron chi connectivity index (χ0n) is 21.0. The summed E-state index contributed by atoms with van der Waals surface area (Å²) in [5.74, 6) is 0.518. The highest BCUT2D eigenvalue weighted by molar-refractivity contribution is 7.97. The molecule has 1 fully saturated rings. The van der Waals surface area contributed by atoms with Gasteiger partial charge < -0.3 is 16.3 Å². The third-order valence-corrected chi connectivity index (χ3v) is 8.36. The van der Waals surface area contributed by atoms with Crippen molar-refractivity contribution >= 4 is 51.5 Å². The Labute approximate surface area is 242 Å². The normalized spacial score (nSPS) is 15.3. The first-order valence-electron chi connectivity index (χ1n) is 12.0. The zero-order valence-corrected chi connectivity index (χ0v) is 23.4. The van der Waals surface area contributed by atoms with Crippen LogP contribution in [0.2, 0.25) is 5.02 Å². The Bertz CT molecular complexity index is 1610. The van der Waals surface area contributed by atoms with Crippen molar-refractivity contribution in [1.82, 2.24) is 23.7 Å². The average Bonchev–Trinajstić information content (AvgIpc) is 3.52. The lowest BCUT2D eigenvalue weighted by Crippen LogP contribution is -2.38. The summed E-state index contributed by atoms with van der Waals surface area (Å²) in [5, 5.41) is 17.9. The number of rotatable bonds is 7. The first-order chi connectivity index (χ1) is 18.5. The molecule has 2 aromatic carbocycles. The number of thiazole rings is 1. The predicted octanol–water partition coefficient (Wildman–Crippen LogP) is 5.02. The molecule has 0 aliphatic carbocycles. The molecule has 3 aromatic heterocycles. The van der Waals surface area contributed by atoms with Gasteiger partial charge in [-0.1, -0.05) is 23.7 Å². The molecule has 208 valence electrons. The van der Waals surface area contributed by atoms with Gasteiger partial charge in [0.05, 0.1) is 16.2 Å². The number of hydrogen-bond acceptors (Lipinski definition) is 9. The summed E-state index contributed by atoms with van der Waals surface area (Å²) < 4.78 is 4.26. The molecule has 0 unspecified atom stereocenters. The monoisotopic (exact) mass is 599 g/mol. The molecule has 1 atom stereocenters. The van der Waals surface area contributed by atoms with Crippen molar-refractivity contribution in [3.63, 3.8) is 0 Å². The van der Waals surface area contributed by atoms with E-state index < -0.39 is 0 Å². The maximum atomic E-state index is 11.8. The molecule has 6 rings (SSSR count). The Morgan fingerprint density at radius 2 is 1.90 bits per heavy atom. The fourth-order valence-electron chi connectivity index (χ4n) is 4.58. The van der Waals surface area contributed by atoms with E-state index in [9.17, 15) is 10.1 Å². The summed E-state index contributed by atoms with van der Waals surface area (Å²) in [6, 6.07) is 16.5. The lowest BCUT2D eigenvalue weighted by atomic mass is 10.1. The van der Waals surface area contributed by atoms with Crippen molar-refractivity contribution in [3.05, 3.63) is 87.5 Å². The first kappa shape index (κ1) is 29.4. The second-order valence-corrected chi connectivity index (χ2v) is 11.3. The Morgan fingerprint density at radius 1 is 1.10 bits per heavy atom. The third kappa shape index (κ3) is 6.09. The quantitative estimate of drug-likeness (QED) is 0.155. The highest BCUT2D eigenvalue weighted by Crippen LogP contribution is 2.38. The van der Waals surface area contributed by atoms with Crippen molar-refractivity contribution in [2.75, 3.05) is 18.4 Å². The van der Waals surface area contributed by atoms with Crippen LogP contribution in [0.4, 0.5) is 11.6 Å². The maximum absolute atomic E-state index is 11.8. The van der Waals surface area contributed by atoms with Crippen molar-refractivity contribution < 1.29 is 15.9 Å². The van der Waals surface area contributed by atoms with Gasteiger partial charge in [0.25, 0.3) is 5.69 Å². The van der Waals surface area contributed by atoms with Crippen molar-refractivity contribution in [2.24, 2.45) is 0 Å². The van der Waals surface area contributed by atoms with E-state index in [-0.39, 0.29) is 27.6 Å². The average molecular weight is 600 g/mol. The van der Waals surface area contributed by atoms with Crippen LogP contribution in [0.3, 0.4) is 0 Å². The highest BCUT2D eigenvalue weighted by Gasteiger charge is 2.25. The lowest BCUT2D eigenvalue weighted by molar-refractivity contribution is -0.384. The molecule has 0 spiro atoms. The number of anilines is 1. The number of nitro benzene ring substituents is 1. The van der Waals surface area contributed by atoms with Crippen molar-refractivity contribution in [1.29, 1.82) is 0 Å². The maximum Gasteiger partial charge on any atom is 0.278 e. The zero-order chi connectivity index (χ0) is 26.1. The second-order valence-electron chi connectivity index (χ2n) is 8.82. The number of halogens is 1. The predicted molar refractivity (Wildman–Crippen MR) is 159 cm³/mol. The molecule has 0 amide bonds. The fraction of sp³-hybridized carbons (Fsp3) is 0.192. The Morgan fingerprint density at radius 3 is 2.70 bits per heavy atom. The molecule has 1 aliphatic rings. The number of nitrogens with one attached hydrogen (secondary N) is 1. The number of benzene rings is 2. The van der Waals surface area contributed by atoms with E-state index in [2.05, 4.69) is 14.6 Å². The van der Waals surface area contributed by atoms with Gasteiger partial charge in [-0.05, 0) is 61.2 Å². The summed E-state index contributed by atoms with van der Waals surface area (Å²) in [5.41, 5.74) is 2.33. The van der Waals surface area contributed by atoms with Crippen LogP contribution < -0.4 is 5.32 Å². The molecular formula is C26H26ClN7O4S2. The molecular weight excluding hydrogens is 574 g/mol. The van der Waals surface area contributed by atoms with Gasteiger partial charge >= 0.3 is 0 Å². The number of para-hydroxylation sites is 1. The fourth-order valence-corrected chi connectivity index (χ4v) is 6.45. The highest BCUT2D eigenvalue weighted by atomic mass is 35.5. The van der Waals surface area contributed by atoms with E-state index in [1.54, 1.807) is 36.3 Å². The topological polar surface area (TPSA) is 164 Å². The molecule has 1 saturated heterocycles. The van der Waals surface area contributed by atoms with Crippen LogP contribution in [-0.4, -0.2) is 58.7 Å². The first-order valence-corrected chi connectivity index (χ1v) is 14.1. The SMILES string of the molecule is O.O.O=[N+]([O-])c1ccccc1-c1nc2sccn2c1-c1ccnc(N[C@@H]2CCCN(Sc3ccc(Cl)cc3)C2)n1. The van der Waals surface area contributed by atoms with Crippen LogP contribution in [-0.2, 0) is 0 Å². The molecule has 0 bridgehead atoms. The van der Waals surface area contributed by atoms with Gasteiger partial charge in [-0.15, -0.1) is 11.3 Å². The minimum absolute atomic E-state index is 0. The molecule has 5 aromatic rings. The van der Waals surface area contributed by atoms with Crippen molar-refractivity contribution in [3.8, 4) is 22.6 Å². The number of hydrogen-bond donors (Lipinski definition) is 1. The van der Waals surface area contributed by atoms with Crippen LogP contribution >= 0.6 is 34.9 Å². The summed E-state index contributed by atoms with van der Waals surface area (Å²) in [4.78, 5) is 27.3. The Hall–Kier alpha value is -3.59. The van der Waals surface area contributed by atoms with Crippen molar-refractivity contribution in [2.45, 2.75) is 23.8 Å². The molecule has 5 N–H and O–H groups in total. The van der Waals surface area contributed by atoms with E-state index in [1.807, 2.05) is 46.3 Å². The number of fused-ring (bicyclic) bond motifs is 1. The molecule has 11 nitrogen and oxygen atoms in total. The summed E-state index contributed by atoms with van der Waals surface area (Å²) >= 11 is 9.22. The number of nitrogens with zero attached hydrogens (tertiary/aromatic N) is 6. The molecule has 1 aliphatic heterocycles. The smallest absolute Gasteiger partial charge is 0.278 e. The number of imidazole rings is 1. The Kier molecular flexibility index (Phi) is 9.35. The number of aromatic nitrogens is 4. The third-order valence-electron chi connectivity index (χ3n) is 6.28. The van der Waals surface area contributed by atoms with E-state index in [0.29, 0.717) is 28.6 Å². The number of nitro groups is 1. The summed E-state index contributed by atoms with van der Waals surface area (Å²) in [6.07, 6.45) is 5.68. The molecule has 14 heteroatoms. The van der Waals surface area contributed by atoms with Crippen LogP contribution in [0.15, 0.2) is 77.3 Å². The molecule has 40 heavy (non-hydrogen) atoms. The van der Waals surface area contributed by atoms with Gasteiger partial charge in [-0.3, -0.25) is 14.5 Å². The van der Waals surface area contributed by atoms with E-state index in [0.717, 1.165) is 40.8 Å². The van der Waals surface area contributed by atoms with Gasteiger partial charge in [0.1, 0.15) is 11.4 Å². The van der Waals surface area contributed by atoms with Gasteiger partial charge in [0.15, 0.2) is 4.96 Å². The standard InChI is InChI=1S/C26H22ClN7O2S2.2H2O/c27-17-7-9-19(10-8-17)38-32-13-3-4-18(16-32)29-25-28-12-11-21(30-25)24-23(31-26-33(24)14-15-37-26)20-5-1-2-6-22(20)34(35)36;;/h1-2,5-12,14-15,18H,3-4,13,16H2,(H,28,29,30);2*1H2/t18-;;/m1../s1. The van der Waals surface area contributed by atoms with E-state index in [4.69, 9.17) is 21.6 Å². The molecule has 0 radical (unpaired) electrons. The number of piperidine rings is 1. The van der Waals surface area contributed by atoms with Crippen LogP contribution in [0, 0.1) is 10.1 Å². The molecule has 4 heterocycles. The minimum Gasteiger partial charge on any atom is -0.412 e. The minimum atomic E-state index is -0.379. The van der Waals surface area contributed by atoms with Crippen LogP contribution in [0.5, 0.6) is 0 Å². The van der Waals surface area contributed by atoms with Crippen LogP contribution in [0.25, 0.3) is 27.6 Å². The van der Waals surface area contributed by atoms with Gasteiger partial charge in [0, 0.05) is 52.9 Å². The summed E-state index contributed by atoms with van der Waals surface area (Å²) in [6.45, 7) is 1.83. The van der Waals surface area contributed by atoms with E-state index in [1.165, 1.54) is 17.4 Å².